The van der Waals surface area contributed by atoms with Gasteiger partial charge in [-0.1, -0.05) is 27.7 Å². The van der Waals surface area contributed by atoms with Crippen molar-refractivity contribution < 1.29 is 28.5 Å². The minimum absolute atomic E-state index is 0. The van der Waals surface area contributed by atoms with Gasteiger partial charge in [-0.3, -0.25) is 0 Å². The molecule has 0 amide bonds. The fraction of sp³-hybridized carbons (Fsp3) is 0.929. The van der Waals surface area contributed by atoms with Crippen molar-refractivity contribution in [2.24, 2.45) is 0 Å². The van der Waals surface area contributed by atoms with E-state index in [-0.39, 0.29) is 24.0 Å². The maximum absolute atomic E-state index is 8.01. The molecular formula is C14H28Br3IN2. The first-order valence-electron chi connectivity index (χ1n) is 7.13. The summed E-state index contributed by atoms with van der Waals surface area (Å²) in [6, 6.07) is 1.85. The quantitative estimate of drug-likeness (QED) is 0.242. The van der Waals surface area contributed by atoms with Gasteiger partial charge in [-0.25, -0.2) is 0 Å². The molecule has 0 radical (unpaired) electrons. The van der Waals surface area contributed by atoms with Crippen LogP contribution in [-0.2, 0) is 0 Å². The Morgan fingerprint density at radius 1 is 0.800 bits per heavy atom. The van der Waals surface area contributed by atoms with Crippen LogP contribution < -0.4 is 24.0 Å². The third kappa shape index (κ3) is 16.0. The molecule has 122 valence electrons. The van der Waals surface area contributed by atoms with E-state index in [9.17, 15) is 0 Å². The highest BCUT2D eigenvalue weighted by Crippen LogP contribution is 2.31. The smallest absolute Gasteiger partial charge is 0.220 e. The average Bonchev–Trinajstić information content (AvgIpc) is 2.30. The van der Waals surface area contributed by atoms with E-state index in [0.717, 1.165) is 0 Å². The van der Waals surface area contributed by atoms with Crippen molar-refractivity contribution in [1.82, 2.24) is 0 Å². The predicted octanol–water partition coefficient (Wildman–Crippen LogP) is 2.80. The zero-order valence-electron chi connectivity index (χ0n) is 13.1. The summed E-state index contributed by atoms with van der Waals surface area (Å²) in [6.45, 7) is 14.8. The summed E-state index contributed by atoms with van der Waals surface area (Å²) in [5.41, 5.74) is 0. The van der Waals surface area contributed by atoms with Crippen molar-refractivity contribution in [1.29, 1.82) is 5.26 Å². The van der Waals surface area contributed by atoms with Crippen molar-refractivity contribution in [3.05, 3.63) is 0 Å². The lowest BCUT2D eigenvalue weighted by Gasteiger charge is -2.38. The lowest BCUT2D eigenvalue weighted by atomic mass is 10.2. The van der Waals surface area contributed by atoms with E-state index in [4.69, 9.17) is 5.26 Å². The second-order valence-electron chi connectivity index (χ2n) is 4.85. The van der Waals surface area contributed by atoms with Crippen LogP contribution in [0.3, 0.4) is 0 Å². The Balaban J connectivity index is -0.000000352. The van der Waals surface area contributed by atoms with Gasteiger partial charge >= 0.3 is 0 Å². The second-order valence-corrected chi connectivity index (χ2v) is 11.6. The van der Waals surface area contributed by atoms with E-state index in [2.05, 4.69) is 75.5 Å². The number of hydrogen-bond donors (Lipinski definition) is 0. The van der Waals surface area contributed by atoms with Crippen LogP contribution in [0.2, 0.25) is 0 Å². The fourth-order valence-corrected chi connectivity index (χ4v) is 2.57. The topological polar surface area (TPSA) is 23.8 Å². The van der Waals surface area contributed by atoms with E-state index in [1.165, 1.54) is 56.3 Å². The van der Waals surface area contributed by atoms with Gasteiger partial charge in [-0.05, 0) is 73.5 Å². The van der Waals surface area contributed by atoms with E-state index in [0.29, 0.717) is 0 Å². The van der Waals surface area contributed by atoms with Gasteiger partial charge in [-0.2, -0.15) is 5.26 Å². The Labute approximate surface area is 168 Å². The first kappa shape index (κ1) is 26.5. The molecule has 0 saturated carbocycles. The normalized spacial score (nSPS) is 10.9. The SMILES string of the molecule is CCC[N+](CCC)(CCC)CCC.N#CC(Br)(Br)Br.[I-]. The molecule has 0 aliphatic heterocycles. The zero-order valence-corrected chi connectivity index (χ0v) is 20.0. The maximum Gasteiger partial charge on any atom is 0.220 e. The summed E-state index contributed by atoms with van der Waals surface area (Å²) in [5.74, 6) is 0. The molecule has 0 aromatic rings. The molecule has 2 nitrogen and oxygen atoms in total. The highest BCUT2D eigenvalue weighted by molar-refractivity contribution is 9.39. The van der Waals surface area contributed by atoms with Crippen LogP contribution in [-0.4, -0.2) is 32.8 Å². The fourth-order valence-electron chi connectivity index (χ4n) is 2.57. The Bertz CT molecular complexity index is 220. The summed E-state index contributed by atoms with van der Waals surface area (Å²) in [7, 11) is 0. The Morgan fingerprint density at radius 3 is 1.10 bits per heavy atom. The Hall–Kier alpha value is 1.62. The number of halogens is 4. The van der Waals surface area contributed by atoms with Gasteiger partial charge in [0.25, 0.3) is 0 Å². The first-order valence-corrected chi connectivity index (χ1v) is 9.51. The summed E-state index contributed by atoms with van der Waals surface area (Å²) < 4.78 is 0.660. The molecule has 0 N–H and O–H groups in total. The predicted molar refractivity (Wildman–Crippen MR) is 96.0 cm³/mol. The number of quaternary nitrogens is 1. The number of nitriles is 1. The van der Waals surface area contributed by atoms with Gasteiger partial charge in [0.2, 0.25) is 2.14 Å². The van der Waals surface area contributed by atoms with Crippen LogP contribution in [0.4, 0.5) is 0 Å². The lowest BCUT2D eigenvalue weighted by molar-refractivity contribution is -0.928. The largest absolute Gasteiger partial charge is 1.00 e. The van der Waals surface area contributed by atoms with Crippen molar-refractivity contribution in [2.75, 3.05) is 26.2 Å². The van der Waals surface area contributed by atoms with Gasteiger partial charge in [0.15, 0.2) is 0 Å². The summed E-state index contributed by atoms with van der Waals surface area (Å²) in [6.07, 6.45) is 5.33. The second kappa shape index (κ2) is 15.5. The molecule has 0 fully saturated rings. The molecule has 0 atom stereocenters. The van der Waals surface area contributed by atoms with Crippen LogP contribution in [0.5, 0.6) is 0 Å². The molecular weight excluding hydrogens is 563 g/mol. The van der Waals surface area contributed by atoms with E-state index in [1.807, 2.05) is 6.07 Å². The van der Waals surface area contributed by atoms with Crippen LogP contribution in [0.25, 0.3) is 0 Å². The molecule has 0 spiro atoms. The van der Waals surface area contributed by atoms with Crippen molar-refractivity contribution in [2.45, 2.75) is 55.5 Å². The van der Waals surface area contributed by atoms with E-state index < -0.39 is 2.14 Å². The first-order chi connectivity index (χ1) is 8.80. The molecule has 0 aliphatic rings. The molecule has 0 rings (SSSR count). The number of alkyl halides is 3. The van der Waals surface area contributed by atoms with Crippen molar-refractivity contribution in [3.63, 3.8) is 0 Å². The minimum Gasteiger partial charge on any atom is -1.00 e. The standard InChI is InChI=1S/C12H28N.C2Br3N.HI/c1-5-9-13(10-6-2,11-7-3)12-8-4;3-2(4,5)1-6;/h5-12H2,1-4H3;;1H/q+1;;/p-1. The van der Waals surface area contributed by atoms with Crippen LogP contribution in [0.1, 0.15) is 53.4 Å². The van der Waals surface area contributed by atoms with E-state index in [1.54, 1.807) is 0 Å². The maximum atomic E-state index is 8.01. The summed E-state index contributed by atoms with van der Waals surface area (Å²) in [5, 5.41) is 8.01. The molecule has 0 bridgehead atoms. The Kier molecular flexibility index (Phi) is 20.6. The van der Waals surface area contributed by atoms with Crippen molar-refractivity contribution >= 4 is 47.8 Å². The zero-order chi connectivity index (χ0) is 15.4. The lowest BCUT2D eigenvalue weighted by Crippen LogP contribution is -3.00. The third-order valence-electron chi connectivity index (χ3n) is 2.92. The molecule has 0 saturated heterocycles. The van der Waals surface area contributed by atoms with Crippen LogP contribution in [0, 0.1) is 11.3 Å². The van der Waals surface area contributed by atoms with Gasteiger partial charge in [-0.15, -0.1) is 0 Å². The van der Waals surface area contributed by atoms with Gasteiger partial charge < -0.3 is 28.5 Å². The number of hydrogen-bond acceptors (Lipinski definition) is 1. The monoisotopic (exact) mass is 588 g/mol. The molecule has 0 unspecified atom stereocenters. The minimum atomic E-state index is -0.715. The summed E-state index contributed by atoms with van der Waals surface area (Å²) in [4.78, 5) is 0. The van der Waals surface area contributed by atoms with Crippen molar-refractivity contribution in [3.8, 4) is 6.07 Å². The third-order valence-corrected chi connectivity index (χ3v) is 3.45. The highest BCUT2D eigenvalue weighted by atomic mass is 127. The molecule has 6 heteroatoms. The number of rotatable bonds is 8. The Morgan fingerprint density at radius 2 is 1.00 bits per heavy atom. The van der Waals surface area contributed by atoms with Crippen LogP contribution in [0.15, 0.2) is 0 Å². The molecule has 20 heavy (non-hydrogen) atoms. The van der Waals surface area contributed by atoms with Gasteiger partial charge in [0.1, 0.15) is 6.07 Å². The molecule has 0 aromatic heterocycles. The molecule has 0 heterocycles. The number of nitrogens with zero attached hydrogens (tertiary/aromatic N) is 2. The van der Waals surface area contributed by atoms with Crippen LogP contribution >= 0.6 is 47.8 Å². The highest BCUT2D eigenvalue weighted by Gasteiger charge is 2.22. The van der Waals surface area contributed by atoms with Gasteiger partial charge in [0.05, 0.1) is 26.2 Å². The van der Waals surface area contributed by atoms with E-state index >= 15 is 0 Å². The van der Waals surface area contributed by atoms with Gasteiger partial charge in [0, 0.05) is 0 Å². The summed E-state index contributed by atoms with van der Waals surface area (Å²) >= 11 is 8.85. The average molecular weight is 591 g/mol. The molecule has 0 aromatic carbocycles. The molecule has 0 aliphatic carbocycles.